The van der Waals surface area contributed by atoms with Crippen LogP contribution >= 0.6 is 0 Å². The van der Waals surface area contributed by atoms with Gasteiger partial charge in [0.1, 0.15) is 0 Å². The number of hydrogen-bond donors (Lipinski definition) is 1. The van der Waals surface area contributed by atoms with Crippen molar-refractivity contribution in [1.82, 2.24) is 5.32 Å². The van der Waals surface area contributed by atoms with Gasteiger partial charge in [-0.1, -0.05) is 6.92 Å². The quantitative estimate of drug-likeness (QED) is 0.558. The second-order valence-electron chi connectivity index (χ2n) is 3.58. The minimum Gasteiger partial charge on any atom is -0.313 e. The molecule has 0 unspecified atom stereocenters. The van der Waals surface area contributed by atoms with E-state index in [4.69, 9.17) is 0 Å². The van der Waals surface area contributed by atoms with E-state index in [-0.39, 0.29) is 0 Å². The number of rotatable bonds is 1. The molecule has 0 spiro atoms. The van der Waals surface area contributed by atoms with E-state index in [9.17, 15) is 0 Å². The Labute approximate surface area is 56.8 Å². The third-order valence-corrected chi connectivity index (χ3v) is 2.72. The van der Waals surface area contributed by atoms with Crippen LogP contribution in [0.1, 0.15) is 26.2 Å². The van der Waals surface area contributed by atoms with Crippen molar-refractivity contribution in [3.05, 3.63) is 0 Å². The lowest BCUT2D eigenvalue weighted by molar-refractivity contribution is 0.435. The average molecular weight is 125 g/mol. The van der Waals surface area contributed by atoms with Gasteiger partial charge in [0, 0.05) is 6.04 Å². The zero-order valence-corrected chi connectivity index (χ0v) is 6.06. The van der Waals surface area contributed by atoms with E-state index in [0.29, 0.717) is 0 Å². The summed E-state index contributed by atoms with van der Waals surface area (Å²) in [5.41, 5.74) is 0. The average Bonchev–Trinajstić information content (AvgIpc) is 2.58. The zero-order chi connectivity index (χ0) is 6.27. The van der Waals surface area contributed by atoms with E-state index in [2.05, 4.69) is 12.2 Å². The van der Waals surface area contributed by atoms with E-state index in [1.54, 1.807) is 0 Å². The Hall–Kier alpha value is -0.0400. The highest BCUT2D eigenvalue weighted by molar-refractivity contribution is 4.92. The van der Waals surface area contributed by atoms with E-state index >= 15 is 0 Å². The molecule has 1 nitrogen and oxygen atoms in total. The van der Waals surface area contributed by atoms with Crippen LogP contribution in [0.3, 0.4) is 0 Å². The van der Waals surface area contributed by atoms with Crippen LogP contribution in [-0.2, 0) is 0 Å². The molecular weight excluding hydrogens is 110 g/mol. The maximum atomic E-state index is 3.57. The van der Waals surface area contributed by atoms with Crippen molar-refractivity contribution < 1.29 is 0 Å². The molecule has 9 heavy (non-hydrogen) atoms. The highest BCUT2D eigenvalue weighted by Gasteiger charge is 2.36. The lowest BCUT2D eigenvalue weighted by atomic mass is 10.00. The van der Waals surface area contributed by atoms with Crippen molar-refractivity contribution in [2.45, 2.75) is 32.2 Å². The fourth-order valence-electron chi connectivity index (χ4n) is 1.95. The van der Waals surface area contributed by atoms with Crippen molar-refractivity contribution in [3.8, 4) is 0 Å². The molecule has 1 N–H and O–H groups in total. The first-order valence-corrected chi connectivity index (χ1v) is 4.11. The standard InChI is InChI=1S/C8H15N/c1-6-4-5-9-8(6)7-2-3-7/h6-9H,2-5H2,1H3/t6-,8-/m0/s1. The first-order chi connectivity index (χ1) is 4.38. The maximum absolute atomic E-state index is 3.57. The van der Waals surface area contributed by atoms with Gasteiger partial charge in [0.15, 0.2) is 0 Å². The Morgan fingerprint density at radius 1 is 1.22 bits per heavy atom. The fourth-order valence-corrected chi connectivity index (χ4v) is 1.95. The van der Waals surface area contributed by atoms with Crippen molar-refractivity contribution >= 4 is 0 Å². The van der Waals surface area contributed by atoms with Crippen LogP contribution in [0.25, 0.3) is 0 Å². The van der Waals surface area contributed by atoms with Crippen molar-refractivity contribution in [3.63, 3.8) is 0 Å². The van der Waals surface area contributed by atoms with E-state index in [1.807, 2.05) is 0 Å². The summed E-state index contributed by atoms with van der Waals surface area (Å²) in [7, 11) is 0. The summed E-state index contributed by atoms with van der Waals surface area (Å²) in [6.07, 6.45) is 4.38. The van der Waals surface area contributed by atoms with E-state index in [1.165, 1.54) is 25.8 Å². The molecule has 1 heterocycles. The summed E-state index contributed by atoms with van der Waals surface area (Å²) >= 11 is 0. The van der Waals surface area contributed by atoms with Crippen molar-refractivity contribution in [2.75, 3.05) is 6.54 Å². The largest absolute Gasteiger partial charge is 0.313 e. The lowest BCUT2D eigenvalue weighted by Crippen LogP contribution is -2.27. The van der Waals surface area contributed by atoms with E-state index < -0.39 is 0 Å². The Bertz CT molecular complexity index is 107. The first-order valence-electron chi connectivity index (χ1n) is 4.11. The molecule has 0 radical (unpaired) electrons. The topological polar surface area (TPSA) is 12.0 Å². The van der Waals surface area contributed by atoms with E-state index in [0.717, 1.165) is 17.9 Å². The highest BCUT2D eigenvalue weighted by Crippen LogP contribution is 2.38. The molecule has 52 valence electrons. The highest BCUT2D eigenvalue weighted by atomic mass is 15.0. The van der Waals surface area contributed by atoms with Crippen molar-refractivity contribution in [2.24, 2.45) is 11.8 Å². The molecule has 2 rings (SSSR count). The number of hydrogen-bond acceptors (Lipinski definition) is 1. The van der Waals surface area contributed by atoms with Gasteiger partial charge in [0.25, 0.3) is 0 Å². The molecule has 2 atom stereocenters. The Morgan fingerprint density at radius 2 is 2.00 bits per heavy atom. The summed E-state index contributed by atoms with van der Waals surface area (Å²) in [6, 6.07) is 0.894. The summed E-state index contributed by atoms with van der Waals surface area (Å²) in [5.74, 6) is 2.01. The van der Waals surface area contributed by atoms with Gasteiger partial charge in [0.05, 0.1) is 0 Å². The minimum atomic E-state index is 0.894. The summed E-state index contributed by atoms with van der Waals surface area (Å²) in [4.78, 5) is 0. The lowest BCUT2D eigenvalue weighted by Gasteiger charge is -2.13. The van der Waals surface area contributed by atoms with Crippen LogP contribution in [0.2, 0.25) is 0 Å². The number of nitrogens with one attached hydrogen (secondary N) is 1. The predicted octanol–water partition coefficient (Wildman–Crippen LogP) is 1.39. The van der Waals surface area contributed by atoms with Gasteiger partial charge in [-0.15, -0.1) is 0 Å². The first kappa shape index (κ1) is 5.72. The van der Waals surface area contributed by atoms with Gasteiger partial charge < -0.3 is 5.32 Å². The van der Waals surface area contributed by atoms with Gasteiger partial charge in [-0.3, -0.25) is 0 Å². The van der Waals surface area contributed by atoms with Gasteiger partial charge in [-0.05, 0) is 37.6 Å². The van der Waals surface area contributed by atoms with Gasteiger partial charge in [0.2, 0.25) is 0 Å². The molecular formula is C8H15N. The van der Waals surface area contributed by atoms with Crippen molar-refractivity contribution in [1.29, 1.82) is 0 Å². The fraction of sp³-hybridized carbons (Fsp3) is 1.00. The van der Waals surface area contributed by atoms with Crippen LogP contribution in [-0.4, -0.2) is 12.6 Å². The van der Waals surface area contributed by atoms with Gasteiger partial charge in [-0.2, -0.15) is 0 Å². The van der Waals surface area contributed by atoms with Crippen LogP contribution < -0.4 is 5.32 Å². The SMILES string of the molecule is C[C@H]1CCN[C@@H]1C1CC1. The monoisotopic (exact) mass is 125 g/mol. The zero-order valence-electron chi connectivity index (χ0n) is 6.06. The molecule has 0 aromatic heterocycles. The minimum absolute atomic E-state index is 0.894. The molecule has 0 bridgehead atoms. The summed E-state index contributed by atoms with van der Waals surface area (Å²) < 4.78 is 0. The molecule has 1 heteroatoms. The molecule has 2 fully saturated rings. The van der Waals surface area contributed by atoms with Gasteiger partial charge in [-0.25, -0.2) is 0 Å². The third-order valence-electron chi connectivity index (χ3n) is 2.72. The molecule has 1 saturated carbocycles. The predicted molar refractivity (Wildman–Crippen MR) is 38.3 cm³/mol. The summed E-state index contributed by atoms with van der Waals surface area (Å²) in [6.45, 7) is 3.64. The van der Waals surface area contributed by atoms with Crippen LogP contribution in [0.4, 0.5) is 0 Å². The summed E-state index contributed by atoms with van der Waals surface area (Å²) in [5, 5.41) is 3.57. The Kier molecular flexibility index (Phi) is 1.26. The van der Waals surface area contributed by atoms with Crippen LogP contribution in [0.15, 0.2) is 0 Å². The smallest absolute Gasteiger partial charge is 0.0121 e. The molecule has 0 amide bonds. The van der Waals surface area contributed by atoms with Crippen LogP contribution in [0.5, 0.6) is 0 Å². The normalized spacial score (nSPS) is 43.7. The molecule has 1 aliphatic heterocycles. The molecule has 0 aromatic rings. The van der Waals surface area contributed by atoms with Gasteiger partial charge >= 0.3 is 0 Å². The Morgan fingerprint density at radius 3 is 2.44 bits per heavy atom. The molecule has 1 saturated heterocycles. The molecule has 2 aliphatic rings. The Balaban J connectivity index is 1.93. The second kappa shape index (κ2) is 1.98. The molecule has 1 aliphatic carbocycles. The maximum Gasteiger partial charge on any atom is 0.0121 e. The third kappa shape index (κ3) is 0.983. The second-order valence-corrected chi connectivity index (χ2v) is 3.58. The van der Waals surface area contributed by atoms with Crippen LogP contribution in [0, 0.1) is 11.8 Å². The molecule has 0 aromatic carbocycles.